The van der Waals surface area contributed by atoms with Gasteiger partial charge in [0.1, 0.15) is 0 Å². The molecule has 0 saturated carbocycles. The Bertz CT molecular complexity index is 620. The number of nitrogens with zero attached hydrogens (tertiary/aromatic N) is 2. The second kappa shape index (κ2) is 7.25. The number of hydrogen-bond acceptors (Lipinski definition) is 4. The first-order valence-electron chi connectivity index (χ1n) is 8.29. The topological polar surface area (TPSA) is 78.1 Å². The first-order chi connectivity index (χ1) is 10.8. The largest absolute Gasteiger partial charge is 0.355 e. The first-order valence-corrected chi connectivity index (χ1v) is 8.29. The summed E-state index contributed by atoms with van der Waals surface area (Å²) in [6.45, 7) is 5.79. The van der Waals surface area contributed by atoms with Crippen LogP contribution in [-0.4, -0.2) is 48.2 Å². The number of H-pyrrole nitrogens is 1. The first kappa shape index (κ1) is 17.7. The minimum absolute atomic E-state index is 0.0109. The Morgan fingerprint density at radius 3 is 2.57 bits per heavy atom. The summed E-state index contributed by atoms with van der Waals surface area (Å²) in [7, 11) is 4.06. The lowest BCUT2D eigenvalue weighted by molar-refractivity contribution is -0.121. The highest BCUT2D eigenvalue weighted by molar-refractivity contribution is 5.78. The zero-order valence-electron chi connectivity index (χ0n) is 14.7. The molecular weight excluding hydrogens is 292 g/mol. The molecule has 0 saturated heterocycles. The fourth-order valence-electron chi connectivity index (χ4n) is 3.34. The summed E-state index contributed by atoms with van der Waals surface area (Å²) in [5.74, 6) is -0.0378. The van der Waals surface area contributed by atoms with Crippen molar-refractivity contribution in [1.29, 1.82) is 0 Å². The van der Waals surface area contributed by atoms with E-state index in [2.05, 4.69) is 34.3 Å². The predicted octanol–water partition coefficient (Wildman–Crippen LogP) is 0.895. The Hall–Kier alpha value is -1.69. The van der Waals surface area contributed by atoms with Gasteiger partial charge in [-0.3, -0.25) is 9.59 Å². The molecule has 0 radical (unpaired) electrons. The molecule has 0 fully saturated rings. The molecule has 1 aromatic heterocycles. The third-order valence-corrected chi connectivity index (χ3v) is 4.22. The molecule has 128 valence electrons. The van der Waals surface area contributed by atoms with Crippen LogP contribution in [0.25, 0.3) is 0 Å². The molecule has 0 aliphatic heterocycles. The normalized spacial score (nSPS) is 14.7. The Balaban J connectivity index is 2.00. The van der Waals surface area contributed by atoms with Crippen LogP contribution in [0.15, 0.2) is 4.79 Å². The van der Waals surface area contributed by atoms with E-state index in [1.807, 2.05) is 14.1 Å². The Labute approximate surface area is 137 Å². The molecule has 23 heavy (non-hydrogen) atoms. The lowest BCUT2D eigenvalue weighted by Crippen LogP contribution is -2.40. The highest BCUT2D eigenvalue weighted by Crippen LogP contribution is 2.20. The highest BCUT2D eigenvalue weighted by atomic mass is 16.1. The van der Waals surface area contributed by atoms with Gasteiger partial charge in [0.05, 0.1) is 12.1 Å². The van der Waals surface area contributed by atoms with Gasteiger partial charge in [-0.1, -0.05) is 13.8 Å². The van der Waals surface area contributed by atoms with Crippen LogP contribution in [0.4, 0.5) is 0 Å². The second-order valence-electron chi connectivity index (χ2n) is 7.52. The van der Waals surface area contributed by atoms with Crippen molar-refractivity contribution in [2.24, 2.45) is 5.41 Å². The molecule has 2 N–H and O–H groups in total. The van der Waals surface area contributed by atoms with Gasteiger partial charge in [0.25, 0.3) is 5.56 Å². The van der Waals surface area contributed by atoms with Crippen molar-refractivity contribution >= 4 is 5.91 Å². The molecule has 6 heteroatoms. The average molecular weight is 320 g/mol. The van der Waals surface area contributed by atoms with Gasteiger partial charge in [0.15, 0.2) is 0 Å². The van der Waals surface area contributed by atoms with Crippen LogP contribution in [-0.2, 0) is 24.1 Å². The van der Waals surface area contributed by atoms with E-state index >= 15 is 0 Å². The number of rotatable bonds is 6. The van der Waals surface area contributed by atoms with Gasteiger partial charge in [0.2, 0.25) is 5.91 Å². The summed E-state index contributed by atoms with van der Waals surface area (Å²) in [6.07, 6.45) is 3.96. The van der Waals surface area contributed by atoms with Crippen molar-refractivity contribution in [3.8, 4) is 0 Å². The number of aromatic nitrogens is 2. The summed E-state index contributed by atoms with van der Waals surface area (Å²) in [5, 5.41) is 9.66. The van der Waals surface area contributed by atoms with E-state index in [9.17, 15) is 9.59 Å². The van der Waals surface area contributed by atoms with Crippen LogP contribution >= 0.6 is 0 Å². The maximum atomic E-state index is 12.3. The van der Waals surface area contributed by atoms with Gasteiger partial charge >= 0.3 is 0 Å². The van der Waals surface area contributed by atoms with E-state index < -0.39 is 0 Å². The molecule has 1 heterocycles. The molecule has 0 spiro atoms. The van der Waals surface area contributed by atoms with Crippen LogP contribution in [0, 0.1) is 5.41 Å². The van der Waals surface area contributed by atoms with Crippen LogP contribution in [0.1, 0.15) is 43.5 Å². The number of fused-ring (bicyclic) bond motifs is 1. The zero-order chi connectivity index (χ0) is 17.0. The van der Waals surface area contributed by atoms with E-state index in [1.165, 1.54) is 0 Å². The minimum Gasteiger partial charge on any atom is -0.355 e. The molecule has 0 unspecified atom stereocenters. The number of aromatic amines is 1. The molecular formula is C17H28N4O2. The molecule has 6 nitrogen and oxygen atoms in total. The quantitative estimate of drug-likeness (QED) is 0.816. The number of nitrogens with one attached hydrogen (secondary N) is 2. The van der Waals surface area contributed by atoms with Crippen molar-refractivity contribution in [3.05, 3.63) is 27.2 Å². The van der Waals surface area contributed by atoms with E-state index in [0.717, 1.165) is 49.0 Å². The van der Waals surface area contributed by atoms with Gasteiger partial charge in [-0.05, 0) is 50.8 Å². The molecule has 0 atom stereocenters. The molecule has 0 aromatic carbocycles. The molecule has 1 aromatic rings. The van der Waals surface area contributed by atoms with Gasteiger partial charge < -0.3 is 10.2 Å². The Morgan fingerprint density at radius 2 is 1.91 bits per heavy atom. The fraction of sp³-hybridized carbons (Fsp3) is 0.706. The molecule has 0 bridgehead atoms. The highest BCUT2D eigenvalue weighted by Gasteiger charge is 2.22. The third kappa shape index (κ3) is 4.89. The van der Waals surface area contributed by atoms with E-state index in [0.29, 0.717) is 6.54 Å². The van der Waals surface area contributed by atoms with E-state index in [-0.39, 0.29) is 23.3 Å². The zero-order valence-corrected chi connectivity index (χ0v) is 14.7. The standard InChI is InChI=1S/C17H28N4O2/c1-17(2,11-21(3)4)10-18-15(22)9-14-12-7-5-6-8-13(12)16(23)20-19-14/h5-11H2,1-4H3,(H,18,22)(H,20,23). The lowest BCUT2D eigenvalue weighted by atomic mass is 9.90. The maximum Gasteiger partial charge on any atom is 0.267 e. The van der Waals surface area contributed by atoms with Crippen LogP contribution in [0.2, 0.25) is 0 Å². The van der Waals surface area contributed by atoms with Crippen LogP contribution in [0.5, 0.6) is 0 Å². The molecule has 1 aliphatic rings. The maximum absolute atomic E-state index is 12.3. The van der Waals surface area contributed by atoms with Crippen molar-refractivity contribution in [3.63, 3.8) is 0 Å². The lowest BCUT2D eigenvalue weighted by Gasteiger charge is -2.28. The average Bonchev–Trinajstić information content (AvgIpc) is 2.47. The third-order valence-electron chi connectivity index (χ3n) is 4.22. The Kier molecular flexibility index (Phi) is 5.57. The summed E-state index contributed by atoms with van der Waals surface area (Å²) in [6, 6.07) is 0. The second-order valence-corrected chi connectivity index (χ2v) is 7.52. The molecule has 1 aliphatic carbocycles. The van der Waals surface area contributed by atoms with Gasteiger partial charge in [-0.25, -0.2) is 5.10 Å². The fourth-order valence-corrected chi connectivity index (χ4v) is 3.34. The monoisotopic (exact) mass is 320 g/mol. The smallest absolute Gasteiger partial charge is 0.267 e. The van der Waals surface area contributed by atoms with Crippen LogP contribution in [0.3, 0.4) is 0 Å². The van der Waals surface area contributed by atoms with Crippen molar-refractivity contribution in [1.82, 2.24) is 20.4 Å². The van der Waals surface area contributed by atoms with Gasteiger partial charge in [-0.2, -0.15) is 5.10 Å². The van der Waals surface area contributed by atoms with Crippen molar-refractivity contribution < 1.29 is 4.79 Å². The van der Waals surface area contributed by atoms with Gasteiger partial charge in [0, 0.05) is 18.7 Å². The molecule has 2 rings (SSSR count). The molecule has 1 amide bonds. The summed E-state index contributed by atoms with van der Waals surface area (Å²) in [4.78, 5) is 26.2. The summed E-state index contributed by atoms with van der Waals surface area (Å²) in [5.41, 5.74) is 2.44. The summed E-state index contributed by atoms with van der Waals surface area (Å²) < 4.78 is 0. The number of hydrogen-bond donors (Lipinski definition) is 2. The summed E-state index contributed by atoms with van der Waals surface area (Å²) >= 11 is 0. The number of amides is 1. The Morgan fingerprint density at radius 1 is 1.26 bits per heavy atom. The van der Waals surface area contributed by atoms with E-state index in [4.69, 9.17) is 0 Å². The van der Waals surface area contributed by atoms with E-state index in [1.54, 1.807) is 0 Å². The van der Waals surface area contributed by atoms with Crippen molar-refractivity contribution in [2.45, 2.75) is 46.0 Å². The number of carbonyl (C=O) groups excluding carboxylic acids is 1. The SMILES string of the molecule is CN(C)CC(C)(C)CNC(=O)Cc1n[nH]c(=O)c2c1CCCC2. The number of carbonyl (C=O) groups is 1. The van der Waals surface area contributed by atoms with Gasteiger partial charge in [-0.15, -0.1) is 0 Å². The van der Waals surface area contributed by atoms with Crippen LogP contribution < -0.4 is 10.9 Å². The van der Waals surface area contributed by atoms with Crippen molar-refractivity contribution in [2.75, 3.05) is 27.2 Å². The minimum atomic E-state index is -0.101. The predicted molar refractivity (Wildman–Crippen MR) is 90.5 cm³/mol.